The molecule has 4 aromatic rings. The lowest BCUT2D eigenvalue weighted by atomic mass is 10.1. The summed E-state index contributed by atoms with van der Waals surface area (Å²) in [6.45, 7) is 4.92. The molecule has 1 heterocycles. The molecule has 29 heavy (non-hydrogen) atoms. The molecule has 0 fully saturated rings. The number of benzene rings is 3. The van der Waals surface area contributed by atoms with Crippen LogP contribution in [0.3, 0.4) is 0 Å². The smallest absolute Gasteiger partial charge is 0.246 e. The van der Waals surface area contributed by atoms with Crippen LogP contribution in [0.1, 0.15) is 13.8 Å². The van der Waals surface area contributed by atoms with Gasteiger partial charge in [0.1, 0.15) is 11.8 Å². The number of carbonyl (C=O) groups excluding carboxylic acids is 1. The predicted molar refractivity (Wildman–Crippen MR) is 120 cm³/mol. The molecule has 0 aliphatic heterocycles. The Kier molecular flexibility index (Phi) is 5.12. The molecule has 0 spiro atoms. The van der Waals surface area contributed by atoms with Gasteiger partial charge in [-0.05, 0) is 50.2 Å². The molecule has 0 saturated carbocycles. The van der Waals surface area contributed by atoms with E-state index in [1.165, 1.54) is 21.8 Å². The second-order valence-electron chi connectivity index (χ2n) is 7.05. The van der Waals surface area contributed by atoms with Crippen molar-refractivity contribution in [3.63, 3.8) is 0 Å². The maximum absolute atomic E-state index is 12.7. The van der Waals surface area contributed by atoms with Crippen molar-refractivity contribution in [2.24, 2.45) is 0 Å². The number of carbonyl (C=O) groups is 1. The minimum atomic E-state index is -0.406. The van der Waals surface area contributed by atoms with Crippen molar-refractivity contribution >= 4 is 39.1 Å². The molecule has 0 radical (unpaired) electrons. The summed E-state index contributed by atoms with van der Waals surface area (Å²) in [5.74, 6) is 0.521. The number of fused-ring (bicyclic) bond motifs is 3. The zero-order chi connectivity index (χ0) is 20.4. The van der Waals surface area contributed by atoms with E-state index >= 15 is 0 Å². The Morgan fingerprint density at radius 2 is 1.72 bits per heavy atom. The fourth-order valence-electron chi connectivity index (χ4n) is 3.79. The zero-order valence-electron chi connectivity index (χ0n) is 16.9. The Hall–Kier alpha value is -3.47. The van der Waals surface area contributed by atoms with Crippen molar-refractivity contribution < 1.29 is 9.53 Å². The SMILES string of the molecule is CCn1c2ccccc2c2cc(NC(C)C(=O)Nc3ccccc3OC)ccc21. The fourth-order valence-corrected chi connectivity index (χ4v) is 3.79. The normalized spacial score (nSPS) is 12.1. The lowest BCUT2D eigenvalue weighted by Gasteiger charge is -2.17. The highest BCUT2D eigenvalue weighted by molar-refractivity contribution is 6.09. The molecule has 2 N–H and O–H groups in total. The first kappa shape index (κ1) is 18.9. The van der Waals surface area contributed by atoms with E-state index < -0.39 is 6.04 Å². The number of nitrogens with one attached hydrogen (secondary N) is 2. The lowest BCUT2D eigenvalue weighted by molar-refractivity contribution is -0.116. The average molecular weight is 387 g/mol. The third-order valence-electron chi connectivity index (χ3n) is 5.23. The zero-order valence-corrected chi connectivity index (χ0v) is 16.9. The molecule has 3 aromatic carbocycles. The molecule has 0 aliphatic carbocycles. The van der Waals surface area contributed by atoms with Crippen LogP contribution in [0.5, 0.6) is 5.75 Å². The van der Waals surface area contributed by atoms with Crippen LogP contribution in [0.4, 0.5) is 11.4 Å². The Bertz CT molecular complexity index is 1180. The lowest BCUT2D eigenvalue weighted by Crippen LogP contribution is -2.31. The highest BCUT2D eigenvalue weighted by Crippen LogP contribution is 2.31. The molecule has 5 heteroatoms. The first-order valence-electron chi connectivity index (χ1n) is 9.83. The summed E-state index contributed by atoms with van der Waals surface area (Å²) in [5, 5.41) is 8.66. The van der Waals surface area contributed by atoms with E-state index in [9.17, 15) is 4.79 Å². The van der Waals surface area contributed by atoms with Gasteiger partial charge < -0.3 is 19.9 Å². The van der Waals surface area contributed by atoms with Crippen molar-refractivity contribution in [3.8, 4) is 5.75 Å². The number of ether oxygens (including phenoxy) is 1. The average Bonchev–Trinajstić information content (AvgIpc) is 3.07. The van der Waals surface area contributed by atoms with Crippen LogP contribution < -0.4 is 15.4 Å². The summed E-state index contributed by atoms with van der Waals surface area (Å²) in [6, 6.07) is 21.7. The summed E-state index contributed by atoms with van der Waals surface area (Å²) in [5.41, 5.74) is 4.00. The summed E-state index contributed by atoms with van der Waals surface area (Å²) in [6.07, 6.45) is 0. The number of amides is 1. The standard InChI is InChI=1S/C24H25N3O2/c1-4-27-21-11-7-5-9-18(21)19-15-17(13-14-22(19)27)25-16(2)24(28)26-20-10-6-8-12-23(20)29-3/h5-16,25H,4H2,1-3H3,(H,26,28). The maximum Gasteiger partial charge on any atom is 0.246 e. The summed E-state index contributed by atoms with van der Waals surface area (Å²) >= 11 is 0. The molecule has 1 atom stereocenters. The molecular formula is C24H25N3O2. The third kappa shape index (κ3) is 3.51. The van der Waals surface area contributed by atoms with Gasteiger partial charge in [0.2, 0.25) is 5.91 Å². The van der Waals surface area contributed by atoms with Gasteiger partial charge >= 0.3 is 0 Å². The number of hydrogen-bond donors (Lipinski definition) is 2. The van der Waals surface area contributed by atoms with Gasteiger partial charge in [-0.15, -0.1) is 0 Å². The second-order valence-corrected chi connectivity index (χ2v) is 7.05. The monoisotopic (exact) mass is 387 g/mol. The number of para-hydroxylation sites is 3. The van der Waals surface area contributed by atoms with Gasteiger partial charge in [0.05, 0.1) is 12.8 Å². The molecule has 0 aliphatic rings. The van der Waals surface area contributed by atoms with E-state index in [4.69, 9.17) is 4.74 Å². The Balaban J connectivity index is 1.59. The molecule has 1 aromatic heterocycles. The molecule has 4 rings (SSSR count). The van der Waals surface area contributed by atoms with Gasteiger partial charge in [0, 0.05) is 34.0 Å². The molecule has 5 nitrogen and oxygen atoms in total. The molecule has 1 unspecified atom stereocenters. The van der Waals surface area contributed by atoms with Crippen LogP contribution >= 0.6 is 0 Å². The van der Waals surface area contributed by atoms with Crippen molar-refractivity contribution in [2.45, 2.75) is 26.4 Å². The van der Waals surface area contributed by atoms with E-state index in [0.717, 1.165) is 12.2 Å². The van der Waals surface area contributed by atoms with Gasteiger partial charge in [0.25, 0.3) is 0 Å². The molecule has 0 bridgehead atoms. The van der Waals surface area contributed by atoms with Crippen molar-refractivity contribution in [3.05, 3.63) is 66.7 Å². The van der Waals surface area contributed by atoms with Gasteiger partial charge in [-0.3, -0.25) is 4.79 Å². The predicted octanol–water partition coefficient (Wildman–Crippen LogP) is 5.26. The minimum Gasteiger partial charge on any atom is -0.495 e. The van der Waals surface area contributed by atoms with E-state index in [0.29, 0.717) is 11.4 Å². The minimum absolute atomic E-state index is 0.120. The van der Waals surface area contributed by atoms with Crippen LogP contribution in [0.15, 0.2) is 66.7 Å². The van der Waals surface area contributed by atoms with Crippen molar-refractivity contribution in [1.82, 2.24) is 4.57 Å². The Morgan fingerprint density at radius 3 is 2.52 bits per heavy atom. The highest BCUT2D eigenvalue weighted by atomic mass is 16.5. The highest BCUT2D eigenvalue weighted by Gasteiger charge is 2.16. The number of aromatic nitrogens is 1. The number of nitrogens with zero attached hydrogens (tertiary/aromatic N) is 1. The molecule has 0 saturated heterocycles. The summed E-state index contributed by atoms with van der Waals surface area (Å²) in [7, 11) is 1.59. The first-order chi connectivity index (χ1) is 14.1. The second kappa shape index (κ2) is 7.87. The van der Waals surface area contributed by atoms with Crippen LogP contribution in [0.25, 0.3) is 21.8 Å². The van der Waals surface area contributed by atoms with E-state index in [2.05, 4.69) is 58.5 Å². The van der Waals surface area contributed by atoms with Crippen LogP contribution in [0.2, 0.25) is 0 Å². The topological polar surface area (TPSA) is 55.3 Å². The Morgan fingerprint density at radius 1 is 1.00 bits per heavy atom. The summed E-state index contributed by atoms with van der Waals surface area (Å²) in [4.78, 5) is 12.7. The van der Waals surface area contributed by atoms with Gasteiger partial charge in [0.15, 0.2) is 0 Å². The van der Waals surface area contributed by atoms with Crippen LogP contribution in [-0.4, -0.2) is 23.6 Å². The number of rotatable bonds is 6. The van der Waals surface area contributed by atoms with Gasteiger partial charge in [-0.2, -0.15) is 0 Å². The number of hydrogen-bond acceptors (Lipinski definition) is 3. The maximum atomic E-state index is 12.7. The van der Waals surface area contributed by atoms with E-state index in [1.54, 1.807) is 7.11 Å². The largest absolute Gasteiger partial charge is 0.495 e. The van der Waals surface area contributed by atoms with Crippen LogP contribution in [-0.2, 0) is 11.3 Å². The fraction of sp³-hybridized carbons (Fsp3) is 0.208. The quantitative estimate of drug-likeness (QED) is 0.474. The number of anilines is 2. The number of aryl methyl sites for hydroxylation is 1. The summed E-state index contributed by atoms with van der Waals surface area (Å²) < 4.78 is 7.62. The molecule has 148 valence electrons. The van der Waals surface area contributed by atoms with Gasteiger partial charge in [-0.25, -0.2) is 0 Å². The van der Waals surface area contributed by atoms with Crippen molar-refractivity contribution in [1.29, 1.82) is 0 Å². The molecular weight excluding hydrogens is 362 g/mol. The number of methoxy groups -OCH3 is 1. The van der Waals surface area contributed by atoms with Crippen molar-refractivity contribution in [2.75, 3.05) is 17.7 Å². The third-order valence-corrected chi connectivity index (χ3v) is 5.23. The van der Waals surface area contributed by atoms with Gasteiger partial charge in [-0.1, -0.05) is 30.3 Å². The van der Waals surface area contributed by atoms with E-state index in [1.807, 2.05) is 37.3 Å². The van der Waals surface area contributed by atoms with E-state index in [-0.39, 0.29) is 5.91 Å². The van der Waals surface area contributed by atoms with Crippen LogP contribution in [0, 0.1) is 0 Å². The molecule has 1 amide bonds. The first-order valence-corrected chi connectivity index (χ1v) is 9.83. The Labute approximate surface area is 170 Å².